The number of hydrogen-bond acceptors (Lipinski definition) is 3. The van der Waals surface area contributed by atoms with Gasteiger partial charge in [-0.3, -0.25) is 0 Å². The van der Waals surface area contributed by atoms with Crippen molar-refractivity contribution in [1.82, 2.24) is 0 Å². The Balaban J connectivity index is 2.90. The first kappa shape index (κ1) is 14.2. The van der Waals surface area contributed by atoms with Gasteiger partial charge < -0.3 is 0 Å². The summed E-state index contributed by atoms with van der Waals surface area (Å²) in [6.07, 6.45) is 5.73. The van der Waals surface area contributed by atoms with Gasteiger partial charge in [-0.25, -0.2) is 0 Å². The Bertz CT molecular complexity index is 300. The molecule has 90 valence electrons. The predicted molar refractivity (Wildman–Crippen MR) is 77.2 cm³/mol. The van der Waals surface area contributed by atoms with Crippen LogP contribution in [0.25, 0.3) is 0 Å². The van der Waals surface area contributed by atoms with Crippen molar-refractivity contribution in [3.05, 3.63) is 22.4 Å². The van der Waals surface area contributed by atoms with Crippen LogP contribution < -0.4 is 0 Å². The molecule has 0 radical (unpaired) electrons. The highest BCUT2D eigenvalue weighted by Gasteiger charge is 2.36. The maximum atomic E-state index is 5.97. The van der Waals surface area contributed by atoms with Gasteiger partial charge in [-0.05, 0) is 24.3 Å². The lowest BCUT2D eigenvalue weighted by Gasteiger charge is -2.26. The third-order valence-electron chi connectivity index (χ3n) is 2.80. The minimum absolute atomic E-state index is 0.0981. The molecule has 0 aromatic carbocycles. The van der Waals surface area contributed by atoms with Crippen LogP contribution in [0.4, 0.5) is 0 Å². The molecule has 0 saturated heterocycles. The van der Waals surface area contributed by atoms with E-state index in [0.717, 1.165) is 19.3 Å². The molecule has 0 amide bonds. The van der Waals surface area contributed by atoms with E-state index in [4.69, 9.17) is 16.3 Å². The largest absolute Gasteiger partial charge is 0.323 e. The molecule has 0 aliphatic heterocycles. The van der Waals surface area contributed by atoms with Gasteiger partial charge in [0, 0.05) is 4.88 Å². The first-order valence-corrected chi connectivity index (χ1v) is 8.80. The molecule has 0 bridgehead atoms. The average molecular weight is 275 g/mol. The van der Waals surface area contributed by atoms with Gasteiger partial charge >= 0.3 is 7.58 Å². The first-order chi connectivity index (χ1) is 7.79. The molecule has 1 aromatic rings. The molecule has 2 unspecified atom stereocenters. The van der Waals surface area contributed by atoms with Crippen molar-refractivity contribution >= 4 is 30.7 Å². The summed E-state index contributed by atoms with van der Waals surface area (Å²) in [4.78, 5) is 1.35. The van der Waals surface area contributed by atoms with E-state index in [-0.39, 0.29) is 13.2 Å². The van der Waals surface area contributed by atoms with Crippen LogP contribution >= 0.6 is 18.9 Å². The zero-order chi connectivity index (χ0) is 11.9. The van der Waals surface area contributed by atoms with Crippen molar-refractivity contribution in [2.24, 2.45) is 0 Å². The van der Waals surface area contributed by atoms with Crippen LogP contribution in [0, 0.1) is 0 Å². The Morgan fingerprint density at radius 2 is 2.19 bits per heavy atom. The van der Waals surface area contributed by atoms with Crippen LogP contribution in [0.5, 0.6) is 0 Å². The molecular formula is C12H20OPS2+. The van der Waals surface area contributed by atoms with E-state index in [0.29, 0.717) is 0 Å². The normalized spacial score (nSPS) is 15.1. The Labute approximate surface area is 109 Å². The van der Waals surface area contributed by atoms with E-state index in [9.17, 15) is 0 Å². The summed E-state index contributed by atoms with van der Waals surface area (Å²) in [5, 5.41) is 2.13. The number of hydrogen-bond donors (Lipinski definition) is 0. The molecule has 0 spiro atoms. The molecule has 1 heterocycles. The quantitative estimate of drug-likeness (QED) is 0.617. The van der Waals surface area contributed by atoms with E-state index in [1.165, 1.54) is 17.7 Å². The fourth-order valence-corrected chi connectivity index (χ4v) is 3.96. The van der Waals surface area contributed by atoms with E-state index in [1.807, 2.05) is 0 Å². The number of unbranched alkanes of at least 4 members (excludes halogenated alkanes) is 1. The van der Waals surface area contributed by atoms with Crippen LogP contribution in [0.3, 0.4) is 0 Å². The predicted octanol–water partition coefficient (Wildman–Crippen LogP) is 5.01. The average Bonchev–Trinajstić information content (AvgIpc) is 2.80. The molecule has 0 N–H and O–H groups in total. The van der Waals surface area contributed by atoms with Crippen LogP contribution in [0.2, 0.25) is 0 Å². The molecular weight excluding hydrogens is 255 g/mol. The molecule has 0 fully saturated rings. The monoisotopic (exact) mass is 275 g/mol. The van der Waals surface area contributed by atoms with E-state index in [1.54, 1.807) is 11.3 Å². The van der Waals surface area contributed by atoms with Gasteiger partial charge in [0.1, 0.15) is 0 Å². The van der Waals surface area contributed by atoms with Crippen molar-refractivity contribution in [1.29, 1.82) is 0 Å². The van der Waals surface area contributed by atoms with E-state index in [2.05, 4.69) is 31.4 Å². The van der Waals surface area contributed by atoms with Crippen molar-refractivity contribution < 1.29 is 4.52 Å². The molecule has 1 nitrogen and oxygen atoms in total. The molecule has 0 aliphatic carbocycles. The molecule has 4 heteroatoms. The first-order valence-electron chi connectivity index (χ1n) is 5.88. The van der Waals surface area contributed by atoms with Crippen LogP contribution in [0.15, 0.2) is 17.5 Å². The minimum atomic E-state index is -0.0981. The highest BCUT2D eigenvalue weighted by atomic mass is 32.4. The van der Waals surface area contributed by atoms with E-state index < -0.39 is 0 Å². The van der Waals surface area contributed by atoms with Crippen molar-refractivity contribution in [2.45, 2.75) is 51.6 Å². The maximum Gasteiger partial charge on any atom is 0.323 e. The molecule has 1 rings (SSSR count). The molecule has 0 aliphatic rings. The number of thiophene rings is 1. The fourth-order valence-electron chi connectivity index (χ4n) is 2.01. The summed E-state index contributed by atoms with van der Waals surface area (Å²) in [5.41, 5.74) is -0.0981. The molecule has 0 saturated carbocycles. The fraction of sp³-hybridized carbons (Fsp3) is 0.667. The Morgan fingerprint density at radius 1 is 1.38 bits per heavy atom. The SMILES string of the molecule is CCCCC(CCC)(O[PH+]=S)c1cccs1. The summed E-state index contributed by atoms with van der Waals surface area (Å²) >= 11 is 6.84. The van der Waals surface area contributed by atoms with Gasteiger partial charge in [-0.1, -0.05) is 39.2 Å². The standard InChI is InChI=1S/C12H19OPS2/c1-3-5-9-12(8-4-2,13-14-15)11-7-6-10-16-11/h6-7,10H,3-5,8-9H2,1-2H3/p+1. The highest BCUT2D eigenvalue weighted by Crippen LogP contribution is 2.41. The molecule has 1 aromatic heterocycles. The maximum absolute atomic E-state index is 5.97. The Morgan fingerprint density at radius 3 is 2.69 bits per heavy atom. The van der Waals surface area contributed by atoms with Gasteiger partial charge in [0.2, 0.25) is 0 Å². The topological polar surface area (TPSA) is 9.23 Å². The molecule has 2 atom stereocenters. The second kappa shape index (κ2) is 7.50. The third kappa shape index (κ3) is 3.59. The van der Waals surface area contributed by atoms with Crippen LogP contribution in [0.1, 0.15) is 50.8 Å². The minimum Gasteiger partial charge on any atom is -0.158 e. The van der Waals surface area contributed by atoms with Gasteiger partial charge in [0.15, 0.2) is 17.4 Å². The third-order valence-corrected chi connectivity index (χ3v) is 4.57. The Hall–Kier alpha value is 0.180. The molecule has 16 heavy (non-hydrogen) atoms. The zero-order valence-electron chi connectivity index (χ0n) is 9.99. The lowest BCUT2D eigenvalue weighted by molar-refractivity contribution is 0.0698. The van der Waals surface area contributed by atoms with Crippen molar-refractivity contribution in [3.63, 3.8) is 0 Å². The zero-order valence-corrected chi connectivity index (χ0v) is 12.6. The van der Waals surface area contributed by atoms with Gasteiger partial charge in [0.25, 0.3) is 0 Å². The lowest BCUT2D eigenvalue weighted by Crippen LogP contribution is -2.25. The summed E-state index contributed by atoms with van der Waals surface area (Å²) in [5.74, 6) is 0. The lowest BCUT2D eigenvalue weighted by atomic mass is 9.90. The second-order valence-electron chi connectivity index (χ2n) is 4.01. The summed E-state index contributed by atoms with van der Waals surface area (Å²) in [6.45, 7) is 4.44. The second-order valence-corrected chi connectivity index (χ2v) is 5.83. The highest BCUT2D eigenvalue weighted by molar-refractivity contribution is 7.94. The van der Waals surface area contributed by atoms with Gasteiger partial charge in [0.05, 0.1) is 0 Å². The van der Waals surface area contributed by atoms with Gasteiger partial charge in [-0.2, -0.15) is 4.52 Å². The van der Waals surface area contributed by atoms with Crippen LogP contribution in [-0.4, -0.2) is 0 Å². The summed E-state index contributed by atoms with van der Waals surface area (Å²) < 4.78 is 5.97. The smallest absolute Gasteiger partial charge is 0.158 e. The Kier molecular flexibility index (Phi) is 6.67. The summed E-state index contributed by atoms with van der Waals surface area (Å²) in [7, 11) is 0.158. The number of rotatable bonds is 8. The van der Waals surface area contributed by atoms with Gasteiger partial charge in [-0.15, -0.1) is 11.3 Å². The summed E-state index contributed by atoms with van der Waals surface area (Å²) in [6, 6.07) is 4.29. The van der Waals surface area contributed by atoms with Crippen molar-refractivity contribution in [3.8, 4) is 0 Å². The van der Waals surface area contributed by atoms with Crippen molar-refractivity contribution in [2.75, 3.05) is 0 Å². The van der Waals surface area contributed by atoms with E-state index >= 15 is 0 Å². The van der Waals surface area contributed by atoms with Crippen LogP contribution in [-0.2, 0) is 21.9 Å².